The second kappa shape index (κ2) is 6.58. The lowest BCUT2D eigenvalue weighted by atomic mass is 9.87. The molecule has 2 aromatic carbocycles. The molecule has 0 aromatic heterocycles. The fourth-order valence-corrected chi connectivity index (χ4v) is 2.89. The number of fused-ring (bicyclic) bond motifs is 1. The van der Waals surface area contributed by atoms with E-state index in [-0.39, 0.29) is 18.6 Å². The van der Waals surface area contributed by atoms with Gasteiger partial charge in [-0.3, -0.25) is 5.32 Å². The van der Waals surface area contributed by atoms with E-state index in [0.717, 1.165) is 12.0 Å². The van der Waals surface area contributed by atoms with Crippen LogP contribution in [0.5, 0.6) is 0 Å². The molecular formula is C19H19NO2. The molecule has 2 aromatic rings. The fourth-order valence-electron chi connectivity index (χ4n) is 2.89. The van der Waals surface area contributed by atoms with E-state index >= 15 is 0 Å². The predicted octanol–water partition coefficient (Wildman–Crippen LogP) is 3.34. The van der Waals surface area contributed by atoms with Crippen molar-refractivity contribution in [1.29, 1.82) is 0 Å². The Balaban J connectivity index is 1.91. The van der Waals surface area contributed by atoms with Gasteiger partial charge in [0.1, 0.15) is 12.6 Å². The molecule has 3 nitrogen and oxygen atoms in total. The molecule has 3 heteroatoms. The van der Waals surface area contributed by atoms with E-state index in [1.807, 2.05) is 36.4 Å². The SMILES string of the molecule is C=CCOC(=O)C1NC(c2ccccc2)Cc2ccccc21. The molecule has 0 aliphatic carbocycles. The van der Waals surface area contributed by atoms with Crippen molar-refractivity contribution < 1.29 is 9.53 Å². The first-order valence-corrected chi connectivity index (χ1v) is 7.46. The maximum atomic E-state index is 12.4. The van der Waals surface area contributed by atoms with Gasteiger partial charge in [-0.15, -0.1) is 0 Å². The van der Waals surface area contributed by atoms with Crippen molar-refractivity contribution in [2.45, 2.75) is 18.5 Å². The van der Waals surface area contributed by atoms with Gasteiger partial charge in [0.2, 0.25) is 0 Å². The molecule has 2 atom stereocenters. The molecule has 0 bridgehead atoms. The van der Waals surface area contributed by atoms with Gasteiger partial charge >= 0.3 is 5.97 Å². The summed E-state index contributed by atoms with van der Waals surface area (Å²) in [4.78, 5) is 12.4. The lowest BCUT2D eigenvalue weighted by Crippen LogP contribution is -2.38. The largest absolute Gasteiger partial charge is 0.460 e. The second-order valence-corrected chi connectivity index (χ2v) is 5.38. The van der Waals surface area contributed by atoms with Gasteiger partial charge in [0, 0.05) is 6.04 Å². The summed E-state index contributed by atoms with van der Waals surface area (Å²) in [5.74, 6) is -0.256. The van der Waals surface area contributed by atoms with Crippen molar-refractivity contribution in [3.8, 4) is 0 Å². The van der Waals surface area contributed by atoms with Gasteiger partial charge < -0.3 is 4.74 Å². The van der Waals surface area contributed by atoms with E-state index < -0.39 is 6.04 Å². The van der Waals surface area contributed by atoms with Crippen molar-refractivity contribution in [1.82, 2.24) is 5.32 Å². The van der Waals surface area contributed by atoms with Crippen LogP contribution in [0.1, 0.15) is 28.8 Å². The summed E-state index contributed by atoms with van der Waals surface area (Å²) in [5.41, 5.74) is 3.37. The Labute approximate surface area is 130 Å². The lowest BCUT2D eigenvalue weighted by molar-refractivity contribution is -0.145. The molecule has 0 fully saturated rings. The normalized spacial score (nSPS) is 20.0. The van der Waals surface area contributed by atoms with E-state index in [4.69, 9.17) is 4.74 Å². The monoisotopic (exact) mass is 293 g/mol. The molecule has 1 N–H and O–H groups in total. The summed E-state index contributed by atoms with van der Waals surface area (Å²) >= 11 is 0. The fraction of sp³-hybridized carbons (Fsp3) is 0.211. The van der Waals surface area contributed by atoms with Gasteiger partial charge in [0.25, 0.3) is 0 Å². The molecule has 0 amide bonds. The first kappa shape index (κ1) is 14.5. The van der Waals surface area contributed by atoms with E-state index in [1.54, 1.807) is 6.08 Å². The second-order valence-electron chi connectivity index (χ2n) is 5.38. The van der Waals surface area contributed by atoms with Crippen LogP contribution in [0, 0.1) is 0 Å². The highest BCUT2D eigenvalue weighted by molar-refractivity contribution is 5.79. The Morgan fingerprint density at radius 2 is 1.91 bits per heavy atom. The van der Waals surface area contributed by atoms with Gasteiger partial charge in [-0.05, 0) is 23.1 Å². The number of esters is 1. The van der Waals surface area contributed by atoms with Crippen LogP contribution in [-0.2, 0) is 16.0 Å². The first-order valence-electron chi connectivity index (χ1n) is 7.46. The highest BCUT2D eigenvalue weighted by atomic mass is 16.5. The lowest BCUT2D eigenvalue weighted by Gasteiger charge is -2.32. The summed E-state index contributed by atoms with van der Waals surface area (Å²) in [6.07, 6.45) is 2.45. The molecule has 0 saturated heterocycles. The number of ether oxygens (including phenoxy) is 1. The summed E-state index contributed by atoms with van der Waals surface area (Å²) in [5, 5.41) is 3.43. The van der Waals surface area contributed by atoms with Gasteiger partial charge in [-0.1, -0.05) is 67.3 Å². The molecule has 1 aliphatic rings. The van der Waals surface area contributed by atoms with Gasteiger partial charge in [-0.25, -0.2) is 4.79 Å². The van der Waals surface area contributed by atoms with E-state index in [9.17, 15) is 4.79 Å². The zero-order valence-corrected chi connectivity index (χ0v) is 12.4. The molecule has 0 saturated carbocycles. The Hall–Kier alpha value is -2.39. The minimum absolute atomic E-state index is 0.109. The minimum Gasteiger partial charge on any atom is -0.460 e. The molecule has 1 heterocycles. The van der Waals surface area contributed by atoms with Crippen LogP contribution in [0.2, 0.25) is 0 Å². The Bertz CT molecular complexity index is 666. The van der Waals surface area contributed by atoms with Crippen molar-refractivity contribution >= 4 is 5.97 Å². The maximum absolute atomic E-state index is 12.4. The van der Waals surface area contributed by atoms with Crippen LogP contribution in [0.15, 0.2) is 67.3 Å². The molecular weight excluding hydrogens is 274 g/mol. The van der Waals surface area contributed by atoms with Crippen molar-refractivity contribution in [3.63, 3.8) is 0 Å². The topological polar surface area (TPSA) is 38.3 Å². The predicted molar refractivity (Wildman–Crippen MR) is 86.4 cm³/mol. The van der Waals surface area contributed by atoms with Crippen LogP contribution < -0.4 is 5.32 Å². The van der Waals surface area contributed by atoms with E-state index in [0.29, 0.717) is 0 Å². The third-order valence-electron chi connectivity index (χ3n) is 3.94. The number of benzene rings is 2. The molecule has 22 heavy (non-hydrogen) atoms. The van der Waals surface area contributed by atoms with Crippen LogP contribution >= 0.6 is 0 Å². The number of hydrogen-bond donors (Lipinski definition) is 1. The number of carbonyl (C=O) groups excluding carboxylic acids is 1. The number of rotatable bonds is 4. The smallest absolute Gasteiger partial charge is 0.328 e. The Kier molecular flexibility index (Phi) is 4.35. The van der Waals surface area contributed by atoms with Crippen LogP contribution in [0.4, 0.5) is 0 Å². The number of carbonyl (C=O) groups is 1. The van der Waals surface area contributed by atoms with Gasteiger partial charge in [0.15, 0.2) is 0 Å². The zero-order chi connectivity index (χ0) is 15.4. The standard InChI is InChI=1S/C19H19NO2/c1-2-12-22-19(21)18-16-11-7-6-10-15(16)13-17(20-18)14-8-4-3-5-9-14/h2-11,17-18,20H,1,12-13H2. The average molecular weight is 293 g/mol. The first-order chi connectivity index (χ1) is 10.8. The van der Waals surface area contributed by atoms with Crippen molar-refractivity contribution in [2.24, 2.45) is 0 Å². The van der Waals surface area contributed by atoms with Gasteiger partial charge in [0.05, 0.1) is 0 Å². The number of hydrogen-bond acceptors (Lipinski definition) is 3. The van der Waals surface area contributed by atoms with Crippen LogP contribution in [-0.4, -0.2) is 12.6 Å². The third kappa shape index (κ3) is 2.95. The van der Waals surface area contributed by atoms with E-state index in [1.165, 1.54) is 11.1 Å². The molecule has 0 radical (unpaired) electrons. The molecule has 3 rings (SSSR count). The maximum Gasteiger partial charge on any atom is 0.328 e. The quantitative estimate of drug-likeness (QED) is 0.694. The Morgan fingerprint density at radius 3 is 2.68 bits per heavy atom. The number of nitrogens with one attached hydrogen (secondary N) is 1. The highest BCUT2D eigenvalue weighted by Crippen LogP contribution is 2.32. The van der Waals surface area contributed by atoms with Crippen molar-refractivity contribution in [2.75, 3.05) is 6.61 Å². The summed E-state index contributed by atoms with van der Waals surface area (Å²) in [6.45, 7) is 3.82. The van der Waals surface area contributed by atoms with Gasteiger partial charge in [-0.2, -0.15) is 0 Å². The zero-order valence-electron chi connectivity index (χ0n) is 12.4. The highest BCUT2D eigenvalue weighted by Gasteiger charge is 2.32. The van der Waals surface area contributed by atoms with E-state index in [2.05, 4.69) is 30.1 Å². The summed E-state index contributed by atoms with van der Waals surface area (Å²) < 4.78 is 5.25. The molecule has 112 valence electrons. The van der Waals surface area contributed by atoms with Crippen molar-refractivity contribution in [3.05, 3.63) is 83.9 Å². The third-order valence-corrected chi connectivity index (χ3v) is 3.94. The van der Waals surface area contributed by atoms with Crippen LogP contribution in [0.25, 0.3) is 0 Å². The average Bonchev–Trinajstić information content (AvgIpc) is 2.59. The van der Waals surface area contributed by atoms with Crippen LogP contribution in [0.3, 0.4) is 0 Å². The Morgan fingerprint density at radius 1 is 1.18 bits per heavy atom. The molecule has 2 unspecified atom stereocenters. The molecule has 1 aliphatic heterocycles. The molecule has 0 spiro atoms. The summed E-state index contributed by atoms with van der Waals surface area (Å²) in [7, 11) is 0. The minimum atomic E-state index is -0.435. The summed E-state index contributed by atoms with van der Waals surface area (Å²) in [6, 6.07) is 17.9.